The second-order valence-electron chi connectivity index (χ2n) is 20.2. The van der Waals surface area contributed by atoms with E-state index in [4.69, 9.17) is 0 Å². The van der Waals surface area contributed by atoms with E-state index in [9.17, 15) is 0 Å². The maximum absolute atomic E-state index is 2.56. The zero-order valence-corrected chi connectivity index (χ0v) is 42.2. The minimum atomic E-state index is -0.698. The van der Waals surface area contributed by atoms with Crippen molar-refractivity contribution in [2.75, 3.05) is 9.80 Å². The summed E-state index contributed by atoms with van der Waals surface area (Å²) in [6.07, 6.45) is 0. The lowest BCUT2D eigenvalue weighted by molar-refractivity contribution is 0.776. The molecule has 16 rings (SSSR count). The van der Waals surface area contributed by atoms with Crippen LogP contribution < -0.4 is 9.80 Å². The molecule has 1 atom stereocenters. The molecule has 2 nitrogen and oxygen atoms in total. The summed E-state index contributed by atoms with van der Waals surface area (Å²) in [5.41, 5.74) is 25.7. The summed E-state index contributed by atoms with van der Waals surface area (Å²) in [6.45, 7) is 0. The van der Waals surface area contributed by atoms with Crippen LogP contribution in [0, 0.1) is 0 Å². The van der Waals surface area contributed by atoms with Crippen molar-refractivity contribution < 1.29 is 0 Å². The molecule has 3 aliphatic rings. The number of hydrogen-bond acceptors (Lipinski definition) is 3. The molecule has 13 aromatic rings. The summed E-state index contributed by atoms with van der Waals surface area (Å²) in [4.78, 5) is 5.05. The van der Waals surface area contributed by atoms with Gasteiger partial charge in [-0.15, -0.1) is 11.3 Å². The summed E-state index contributed by atoms with van der Waals surface area (Å²) in [6, 6.07) is 104. The topological polar surface area (TPSA) is 6.48 Å². The molecule has 1 aliphatic heterocycles. The van der Waals surface area contributed by atoms with Gasteiger partial charge in [-0.05, 0) is 127 Å². The van der Waals surface area contributed by atoms with Gasteiger partial charge in [0.1, 0.15) is 0 Å². The van der Waals surface area contributed by atoms with E-state index in [2.05, 4.69) is 289 Å². The first-order valence-electron chi connectivity index (χ1n) is 26.2. The van der Waals surface area contributed by atoms with Gasteiger partial charge in [0, 0.05) is 53.9 Å². The summed E-state index contributed by atoms with van der Waals surface area (Å²) in [7, 11) is 0. The van der Waals surface area contributed by atoms with E-state index in [0.717, 1.165) is 45.3 Å². The largest absolute Gasteiger partial charge is 0.308 e. The molecule has 76 heavy (non-hydrogen) atoms. The summed E-state index contributed by atoms with van der Waals surface area (Å²) in [5, 5.41) is 2.62. The molecule has 354 valence electrons. The average Bonchev–Trinajstić information content (AvgIpc) is 4.11. The van der Waals surface area contributed by atoms with Gasteiger partial charge in [0.05, 0.1) is 22.5 Å². The molecular formula is C73H46N2S. The SMILES string of the molecule is c1ccc(-c2cccc(N(c3ccc4c(c3)C3(c5ccccc5-c5ccccc5-4)c4ccccc4-c4c3ccc3c4sc4ccccc43)c3cccc4c3N(c3ccccc3)c3ccccc3-c3ccccc3-4)c2)cc1. The minimum absolute atomic E-state index is 0.698. The maximum Gasteiger partial charge on any atom is 0.0781 e. The van der Waals surface area contributed by atoms with Gasteiger partial charge in [0.15, 0.2) is 0 Å². The van der Waals surface area contributed by atoms with Crippen molar-refractivity contribution in [2.24, 2.45) is 0 Å². The van der Waals surface area contributed by atoms with Gasteiger partial charge < -0.3 is 9.80 Å². The number of thiophene rings is 1. The number of hydrogen-bond donors (Lipinski definition) is 0. The first-order valence-corrected chi connectivity index (χ1v) is 27.1. The van der Waals surface area contributed by atoms with Crippen LogP contribution in [0.1, 0.15) is 22.3 Å². The maximum atomic E-state index is 2.56. The number of fused-ring (bicyclic) bond motifs is 21. The van der Waals surface area contributed by atoms with Crippen molar-refractivity contribution in [3.05, 3.63) is 301 Å². The number of benzene rings is 12. The molecule has 1 spiro atoms. The first-order chi connectivity index (χ1) is 37.7. The Bertz CT molecular complexity index is 4490. The van der Waals surface area contributed by atoms with E-state index in [-0.39, 0.29) is 0 Å². The van der Waals surface area contributed by atoms with Crippen LogP contribution in [0.25, 0.3) is 86.9 Å². The molecule has 2 heterocycles. The Morgan fingerprint density at radius 2 is 0.882 bits per heavy atom. The Morgan fingerprint density at radius 3 is 1.66 bits per heavy atom. The van der Waals surface area contributed by atoms with Crippen molar-refractivity contribution in [3.63, 3.8) is 0 Å². The number of para-hydroxylation sites is 3. The third kappa shape index (κ3) is 6.09. The smallest absolute Gasteiger partial charge is 0.0781 e. The number of anilines is 6. The quantitative estimate of drug-likeness (QED) is 0.170. The molecule has 0 saturated carbocycles. The molecule has 0 fully saturated rings. The van der Waals surface area contributed by atoms with Crippen LogP contribution in [0.5, 0.6) is 0 Å². The Morgan fingerprint density at radius 1 is 0.329 bits per heavy atom. The second kappa shape index (κ2) is 16.7. The fraction of sp³-hybridized carbons (Fsp3) is 0.0137. The number of nitrogens with zero attached hydrogens (tertiary/aromatic N) is 2. The van der Waals surface area contributed by atoms with Crippen molar-refractivity contribution in [3.8, 4) is 66.8 Å². The van der Waals surface area contributed by atoms with Crippen molar-refractivity contribution in [1.82, 2.24) is 0 Å². The fourth-order valence-corrected chi connectivity index (χ4v) is 14.6. The summed E-state index contributed by atoms with van der Waals surface area (Å²) >= 11 is 1.93. The highest BCUT2D eigenvalue weighted by Crippen LogP contribution is 2.64. The summed E-state index contributed by atoms with van der Waals surface area (Å²) < 4.78 is 2.65. The molecule has 0 saturated heterocycles. The van der Waals surface area contributed by atoms with Gasteiger partial charge >= 0.3 is 0 Å². The molecular weight excluding hydrogens is 937 g/mol. The third-order valence-corrected chi connectivity index (χ3v) is 17.6. The van der Waals surface area contributed by atoms with E-state index in [0.29, 0.717) is 0 Å². The van der Waals surface area contributed by atoms with E-state index < -0.39 is 5.41 Å². The molecule has 1 unspecified atom stereocenters. The normalized spacial score (nSPS) is 14.3. The van der Waals surface area contributed by atoms with Crippen molar-refractivity contribution in [1.29, 1.82) is 0 Å². The Labute approximate surface area is 446 Å². The van der Waals surface area contributed by atoms with Gasteiger partial charge in [-0.3, -0.25) is 0 Å². The Kier molecular flexibility index (Phi) is 9.45. The molecule has 0 N–H and O–H groups in total. The highest BCUT2D eigenvalue weighted by Gasteiger charge is 2.51. The van der Waals surface area contributed by atoms with Crippen LogP contribution in [0.15, 0.2) is 279 Å². The monoisotopic (exact) mass is 982 g/mol. The molecule has 0 radical (unpaired) electrons. The van der Waals surface area contributed by atoms with Gasteiger partial charge in [-0.25, -0.2) is 0 Å². The molecule has 1 aromatic heterocycles. The predicted molar refractivity (Wildman–Crippen MR) is 320 cm³/mol. The van der Waals surface area contributed by atoms with E-state index in [1.807, 2.05) is 11.3 Å². The highest BCUT2D eigenvalue weighted by atomic mass is 32.1. The van der Waals surface area contributed by atoms with Crippen LogP contribution in [-0.2, 0) is 5.41 Å². The lowest BCUT2D eigenvalue weighted by Gasteiger charge is -2.37. The lowest BCUT2D eigenvalue weighted by atomic mass is 9.65. The molecule has 3 heteroatoms. The van der Waals surface area contributed by atoms with E-state index in [1.54, 1.807) is 0 Å². The zero-order valence-electron chi connectivity index (χ0n) is 41.4. The van der Waals surface area contributed by atoms with Crippen LogP contribution in [0.3, 0.4) is 0 Å². The van der Waals surface area contributed by atoms with Gasteiger partial charge in [-0.2, -0.15) is 0 Å². The summed E-state index contributed by atoms with van der Waals surface area (Å²) in [5.74, 6) is 0. The lowest BCUT2D eigenvalue weighted by Crippen LogP contribution is -2.29. The van der Waals surface area contributed by atoms with Crippen LogP contribution in [0.4, 0.5) is 34.1 Å². The van der Waals surface area contributed by atoms with Crippen molar-refractivity contribution >= 4 is 65.6 Å². The fourth-order valence-electron chi connectivity index (χ4n) is 13.3. The zero-order chi connectivity index (χ0) is 49.9. The standard InChI is InChI=1S/C73H46N2S/c1-3-21-47(22-4-1)48-23-19-26-50(45-48)74(68-39-20-35-60-55-30-10-9-29-54(55)58-32-13-17-38-67(58)75(71(60)68)49-24-5-2-6-25-49)51-41-42-57-53-28-8-7-27-52(53)56-31-11-15-36-63(56)73(66(57)46-51)64-37-16-12-34-62(64)70-65(73)44-43-61-59-33-14-18-40-69(59)76-72(61)70/h1-46H. The van der Waals surface area contributed by atoms with Gasteiger partial charge in [0.25, 0.3) is 0 Å². The first kappa shape index (κ1) is 42.9. The predicted octanol–water partition coefficient (Wildman–Crippen LogP) is 20.3. The van der Waals surface area contributed by atoms with E-state index in [1.165, 1.54) is 98.1 Å². The molecule has 0 amide bonds. The second-order valence-corrected chi connectivity index (χ2v) is 21.3. The van der Waals surface area contributed by atoms with Crippen LogP contribution in [-0.4, -0.2) is 0 Å². The Hall–Kier alpha value is -9.54. The number of rotatable bonds is 5. The highest BCUT2D eigenvalue weighted by molar-refractivity contribution is 7.26. The van der Waals surface area contributed by atoms with Crippen molar-refractivity contribution in [2.45, 2.75) is 5.41 Å². The van der Waals surface area contributed by atoms with Gasteiger partial charge in [-0.1, -0.05) is 224 Å². The molecule has 12 aromatic carbocycles. The third-order valence-electron chi connectivity index (χ3n) is 16.4. The average molecular weight is 983 g/mol. The van der Waals surface area contributed by atoms with Crippen LogP contribution >= 0.6 is 11.3 Å². The van der Waals surface area contributed by atoms with Gasteiger partial charge in [0.2, 0.25) is 0 Å². The molecule has 2 aliphatic carbocycles. The molecule has 0 bridgehead atoms. The van der Waals surface area contributed by atoms with E-state index >= 15 is 0 Å². The Balaban J connectivity index is 1.05. The minimum Gasteiger partial charge on any atom is -0.308 e. The van der Waals surface area contributed by atoms with Crippen LogP contribution in [0.2, 0.25) is 0 Å².